The Morgan fingerprint density at radius 2 is 2.00 bits per heavy atom. The Balaban J connectivity index is 2.54. The number of hydrogen-bond acceptors (Lipinski definition) is 3. The fraction of sp³-hybridized carbons (Fsp3) is 0.643. The van der Waals surface area contributed by atoms with Gasteiger partial charge in [0, 0.05) is 11.6 Å². The summed E-state index contributed by atoms with van der Waals surface area (Å²) in [6, 6.07) is 5.82. The van der Waals surface area contributed by atoms with E-state index in [0.29, 0.717) is 11.8 Å². The lowest BCUT2D eigenvalue weighted by molar-refractivity contribution is 0.279. The monoisotopic (exact) mass is 236 g/mol. The van der Waals surface area contributed by atoms with Crippen LogP contribution < -0.4 is 10.1 Å². The number of aromatic nitrogens is 1. The van der Waals surface area contributed by atoms with Crippen molar-refractivity contribution >= 4 is 5.82 Å². The summed E-state index contributed by atoms with van der Waals surface area (Å²) in [5, 5.41) is 3.33. The van der Waals surface area contributed by atoms with E-state index in [4.69, 9.17) is 4.74 Å². The molecule has 0 saturated heterocycles. The van der Waals surface area contributed by atoms with E-state index in [1.165, 1.54) is 0 Å². The van der Waals surface area contributed by atoms with Gasteiger partial charge >= 0.3 is 0 Å². The van der Waals surface area contributed by atoms with Crippen LogP contribution in [0, 0.1) is 5.92 Å². The minimum absolute atomic E-state index is 0.0174. The molecule has 0 atom stereocenters. The van der Waals surface area contributed by atoms with Crippen LogP contribution in [-0.2, 0) is 0 Å². The lowest BCUT2D eigenvalue weighted by Gasteiger charge is -2.21. The normalized spacial score (nSPS) is 11.6. The minimum Gasteiger partial charge on any atom is -0.478 e. The van der Waals surface area contributed by atoms with Crippen molar-refractivity contribution in [2.24, 2.45) is 5.92 Å². The van der Waals surface area contributed by atoms with Gasteiger partial charge in [-0.15, -0.1) is 0 Å². The summed E-state index contributed by atoms with van der Waals surface area (Å²) in [6.45, 7) is 11.4. The fourth-order valence-corrected chi connectivity index (χ4v) is 1.35. The first kappa shape index (κ1) is 13.8. The van der Waals surface area contributed by atoms with Crippen molar-refractivity contribution in [1.82, 2.24) is 4.98 Å². The van der Waals surface area contributed by atoms with E-state index in [2.05, 4.69) is 44.9 Å². The second-order valence-corrected chi connectivity index (χ2v) is 5.77. The van der Waals surface area contributed by atoms with Gasteiger partial charge in [-0.1, -0.05) is 19.9 Å². The van der Waals surface area contributed by atoms with Crippen molar-refractivity contribution in [3.8, 4) is 5.88 Å². The Labute approximate surface area is 105 Å². The highest BCUT2D eigenvalue weighted by Crippen LogP contribution is 2.16. The Hall–Kier alpha value is -1.25. The highest BCUT2D eigenvalue weighted by atomic mass is 16.5. The van der Waals surface area contributed by atoms with Crippen LogP contribution >= 0.6 is 0 Å². The molecule has 0 bridgehead atoms. The van der Waals surface area contributed by atoms with E-state index in [1.807, 2.05) is 18.2 Å². The summed E-state index contributed by atoms with van der Waals surface area (Å²) in [4.78, 5) is 4.42. The zero-order chi connectivity index (χ0) is 12.9. The molecular weight excluding hydrogens is 212 g/mol. The standard InChI is InChI=1S/C14H24N2O/c1-11(2)9-10-17-13-8-6-7-12(15-13)16-14(3,4)5/h6-8,11H,9-10H2,1-5H3,(H,15,16). The highest BCUT2D eigenvalue weighted by molar-refractivity contribution is 5.39. The molecule has 1 aromatic heterocycles. The lowest BCUT2D eigenvalue weighted by atomic mass is 10.1. The summed E-state index contributed by atoms with van der Waals surface area (Å²) in [5.74, 6) is 2.21. The molecule has 1 aromatic rings. The molecule has 17 heavy (non-hydrogen) atoms. The largest absolute Gasteiger partial charge is 0.478 e. The van der Waals surface area contributed by atoms with Crippen molar-refractivity contribution in [3.63, 3.8) is 0 Å². The van der Waals surface area contributed by atoms with E-state index >= 15 is 0 Å². The zero-order valence-corrected chi connectivity index (χ0v) is 11.6. The van der Waals surface area contributed by atoms with Crippen LogP contribution in [-0.4, -0.2) is 17.1 Å². The van der Waals surface area contributed by atoms with Crippen LogP contribution in [0.3, 0.4) is 0 Å². The van der Waals surface area contributed by atoms with Crippen molar-refractivity contribution in [2.75, 3.05) is 11.9 Å². The SMILES string of the molecule is CC(C)CCOc1cccc(NC(C)(C)C)n1. The van der Waals surface area contributed by atoms with Crippen LogP contribution in [0.15, 0.2) is 18.2 Å². The summed E-state index contributed by atoms with van der Waals surface area (Å²) in [5.41, 5.74) is 0.0174. The molecule has 3 nitrogen and oxygen atoms in total. The summed E-state index contributed by atoms with van der Waals surface area (Å²) in [6.07, 6.45) is 1.05. The summed E-state index contributed by atoms with van der Waals surface area (Å²) >= 11 is 0. The summed E-state index contributed by atoms with van der Waals surface area (Å²) < 4.78 is 5.62. The molecule has 0 spiro atoms. The maximum Gasteiger partial charge on any atom is 0.215 e. The molecule has 0 aliphatic carbocycles. The van der Waals surface area contributed by atoms with Gasteiger partial charge < -0.3 is 10.1 Å². The molecule has 1 heterocycles. The van der Waals surface area contributed by atoms with Gasteiger partial charge in [-0.2, -0.15) is 4.98 Å². The topological polar surface area (TPSA) is 34.1 Å². The average Bonchev–Trinajstić information content (AvgIpc) is 2.14. The number of hydrogen-bond donors (Lipinski definition) is 1. The van der Waals surface area contributed by atoms with Gasteiger partial charge in [-0.25, -0.2) is 0 Å². The molecule has 0 saturated carbocycles. The number of ether oxygens (including phenoxy) is 1. The van der Waals surface area contributed by atoms with Gasteiger partial charge in [-0.05, 0) is 39.2 Å². The third-order valence-corrected chi connectivity index (χ3v) is 2.17. The molecule has 3 heteroatoms. The lowest BCUT2D eigenvalue weighted by Crippen LogP contribution is -2.26. The van der Waals surface area contributed by atoms with Crippen LogP contribution in [0.4, 0.5) is 5.82 Å². The number of rotatable bonds is 5. The van der Waals surface area contributed by atoms with E-state index in [0.717, 1.165) is 18.8 Å². The maximum atomic E-state index is 5.62. The van der Waals surface area contributed by atoms with Crippen LogP contribution in [0.5, 0.6) is 5.88 Å². The zero-order valence-electron chi connectivity index (χ0n) is 11.6. The van der Waals surface area contributed by atoms with E-state index < -0.39 is 0 Å². The quantitative estimate of drug-likeness (QED) is 0.846. The Bertz CT molecular complexity index is 342. The van der Waals surface area contributed by atoms with Gasteiger partial charge in [0.2, 0.25) is 5.88 Å². The van der Waals surface area contributed by atoms with E-state index in [1.54, 1.807) is 0 Å². The first-order valence-corrected chi connectivity index (χ1v) is 6.25. The smallest absolute Gasteiger partial charge is 0.215 e. The Morgan fingerprint density at radius 1 is 1.29 bits per heavy atom. The highest BCUT2D eigenvalue weighted by Gasteiger charge is 2.10. The van der Waals surface area contributed by atoms with Crippen molar-refractivity contribution < 1.29 is 4.74 Å². The molecule has 0 aliphatic heterocycles. The van der Waals surface area contributed by atoms with Crippen molar-refractivity contribution in [2.45, 2.75) is 46.6 Å². The first-order chi connectivity index (χ1) is 7.87. The molecule has 0 aliphatic rings. The molecule has 0 radical (unpaired) electrons. The van der Waals surface area contributed by atoms with Crippen molar-refractivity contribution in [3.05, 3.63) is 18.2 Å². The van der Waals surface area contributed by atoms with E-state index in [9.17, 15) is 0 Å². The van der Waals surface area contributed by atoms with Crippen LogP contribution in [0.1, 0.15) is 41.0 Å². The molecule has 96 valence electrons. The second kappa shape index (κ2) is 5.89. The summed E-state index contributed by atoms with van der Waals surface area (Å²) in [7, 11) is 0. The number of anilines is 1. The van der Waals surface area contributed by atoms with Gasteiger partial charge in [0.25, 0.3) is 0 Å². The molecule has 0 unspecified atom stereocenters. The molecule has 0 aromatic carbocycles. The molecular formula is C14H24N2O. The van der Waals surface area contributed by atoms with Gasteiger partial charge in [0.15, 0.2) is 0 Å². The maximum absolute atomic E-state index is 5.62. The first-order valence-electron chi connectivity index (χ1n) is 6.25. The fourth-order valence-electron chi connectivity index (χ4n) is 1.35. The van der Waals surface area contributed by atoms with E-state index in [-0.39, 0.29) is 5.54 Å². The van der Waals surface area contributed by atoms with Gasteiger partial charge in [-0.3, -0.25) is 0 Å². The van der Waals surface area contributed by atoms with Crippen LogP contribution in [0.2, 0.25) is 0 Å². The molecule has 1 rings (SSSR count). The van der Waals surface area contributed by atoms with Gasteiger partial charge in [0.1, 0.15) is 5.82 Å². The number of nitrogens with one attached hydrogen (secondary N) is 1. The number of pyridine rings is 1. The third-order valence-electron chi connectivity index (χ3n) is 2.17. The van der Waals surface area contributed by atoms with Crippen LogP contribution in [0.25, 0.3) is 0 Å². The predicted octanol–water partition coefficient (Wildman–Crippen LogP) is 3.72. The Morgan fingerprint density at radius 3 is 2.59 bits per heavy atom. The van der Waals surface area contributed by atoms with Gasteiger partial charge in [0.05, 0.1) is 6.61 Å². The third kappa shape index (κ3) is 6.15. The average molecular weight is 236 g/mol. The molecule has 1 N–H and O–H groups in total. The number of nitrogens with zero attached hydrogens (tertiary/aromatic N) is 1. The Kier molecular flexibility index (Phi) is 4.79. The molecule has 0 fully saturated rings. The molecule has 0 amide bonds. The van der Waals surface area contributed by atoms with Crippen molar-refractivity contribution in [1.29, 1.82) is 0 Å². The predicted molar refractivity (Wildman–Crippen MR) is 72.6 cm³/mol. The minimum atomic E-state index is 0.0174. The second-order valence-electron chi connectivity index (χ2n) is 5.77.